The second-order valence-electron chi connectivity index (χ2n) is 6.58. The minimum atomic E-state index is -3.29. The Kier molecular flexibility index (Phi) is 4.75. The molecule has 0 bridgehead atoms. The van der Waals surface area contributed by atoms with Gasteiger partial charge in [-0.05, 0) is 42.7 Å². The largest absolute Gasteiger partial charge is 0.454 e. The van der Waals surface area contributed by atoms with Crippen molar-refractivity contribution >= 4 is 21.6 Å². The van der Waals surface area contributed by atoms with E-state index in [4.69, 9.17) is 9.47 Å². The summed E-state index contributed by atoms with van der Waals surface area (Å²) >= 11 is 0. The highest BCUT2D eigenvalue weighted by Crippen LogP contribution is 2.34. The molecule has 0 aliphatic carbocycles. The first-order chi connectivity index (χ1) is 13.0. The number of hydrogen-bond donors (Lipinski definition) is 1. The minimum absolute atomic E-state index is 0.0446. The van der Waals surface area contributed by atoms with Crippen LogP contribution in [0.2, 0.25) is 0 Å². The molecule has 2 aliphatic heterocycles. The zero-order chi connectivity index (χ0) is 18.9. The van der Waals surface area contributed by atoms with Crippen LogP contribution in [0, 0.1) is 0 Å². The van der Waals surface area contributed by atoms with Crippen molar-refractivity contribution in [3.05, 3.63) is 53.6 Å². The summed E-state index contributed by atoms with van der Waals surface area (Å²) in [6, 6.07) is 11.8. The molecule has 0 radical (unpaired) electrons. The van der Waals surface area contributed by atoms with Gasteiger partial charge in [-0.3, -0.25) is 4.79 Å². The van der Waals surface area contributed by atoms with Crippen LogP contribution in [-0.4, -0.2) is 38.5 Å². The number of carbonyl (C=O) groups is 1. The topological polar surface area (TPSA) is 84.9 Å². The van der Waals surface area contributed by atoms with Gasteiger partial charge in [-0.2, -0.15) is 0 Å². The number of nitrogens with zero attached hydrogens (tertiary/aromatic N) is 1. The third-order valence-corrected chi connectivity index (χ3v) is 6.50. The first-order valence-corrected chi connectivity index (χ1v) is 10.4. The number of rotatable bonds is 5. The Morgan fingerprint density at radius 3 is 2.44 bits per heavy atom. The maximum Gasteiger partial charge on any atom is 0.255 e. The predicted molar refractivity (Wildman–Crippen MR) is 100 cm³/mol. The number of ether oxygens (including phenoxy) is 2. The zero-order valence-electron chi connectivity index (χ0n) is 14.7. The molecule has 1 fully saturated rings. The third kappa shape index (κ3) is 3.91. The van der Waals surface area contributed by atoms with Crippen LogP contribution >= 0.6 is 0 Å². The van der Waals surface area contributed by atoms with Gasteiger partial charge in [0.1, 0.15) is 0 Å². The van der Waals surface area contributed by atoms with E-state index in [2.05, 4.69) is 5.32 Å². The van der Waals surface area contributed by atoms with Gasteiger partial charge in [0, 0.05) is 30.4 Å². The Morgan fingerprint density at radius 1 is 1.00 bits per heavy atom. The molecule has 0 spiro atoms. The standard InChI is InChI=1S/C19H20N2O5S/c22-19(20-16-7-8-17-18(11-16)26-13-25-17)15-5-3-14(4-6-15)12-27(23,24)21-9-1-2-10-21/h3-8,11H,1-2,9-10,12-13H2,(H,20,22). The van der Waals surface area contributed by atoms with E-state index >= 15 is 0 Å². The van der Waals surface area contributed by atoms with E-state index in [1.165, 1.54) is 4.31 Å². The molecule has 2 aromatic carbocycles. The Hall–Kier alpha value is -2.58. The fourth-order valence-corrected chi connectivity index (χ4v) is 4.81. The Balaban J connectivity index is 1.41. The van der Waals surface area contributed by atoms with Crippen molar-refractivity contribution in [3.63, 3.8) is 0 Å². The molecular formula is C19H20N2O5S. The van der Waals surface area contributed by atoms with Crippen molar-refractivity contribution in [2.24, 2.45) is 0 Å². The average molecular weight is 388 g/mol. The summed E-state index contributed by atoms with van der Waals surface area (Å²) in [5.41, 5.74) is 1.72. The van der Waals surface area contributed by atoms with Crippen LogP contribution in [-0.2, 0) is 15.8 Å². The molecule has 0 aromatic heterocycles. The van der Waals surface area contributed by atoms with Gasteiger partial charge in [-0.1, -0.05) is 12.1 Å². The van der Waals surface area contributed by atoms with Gasteiger partial charge in [0.2, 0.25) is 16.8 Å². The zero-order valence-corrected chi connectivity index (χ0v) is 15.5. The lowest BCUT2D eigenvalue weighted by Crippen LogP contribution is -2.29. The maximum absolute atomic E-state index is 12.4. The summed E-state index contributed by atoms with van der Waals surface area (Å²) in [6.07, 6.45) is 1.83. The summed E-state index contributed by atoms with van der Waals surface area (Å²) in [5.74, 6) is 0.923. The van der Waals surface area contributed by atoms with Gasteiger partial charge in [-0.25, -0.2) is 12.7 Å². The molecule has 0 saturated carbocycles. The number of benzene rings is 2. The molecule has 2 heterocycles. The van der Waals surface area contributed by atoms with E-state index in [9.17, 15) is 13.2 Å². The van der Waals surface area contributed by atoms with Gasteiger partial charge in [0.05, 0.1) is 5.75 Å². The molecule has 2 aliphatic rings. The van der Waals surface area contributed by atoms with Crippen molar-refractivity contribution in [3.8, 4) is 11.5 Å². The first-order valence-electron chi connectivity index (χ1n) is 8.79. The number of fused-ring (bicyclic) bond motifs is 1. The lowest BCUT2D eigenvalue weighted by Gasteiger charge is -2.15. The predicted octanol–water partition coefficient (Wildman–Crippen LogP) is 2.59. The summed E-state index contributed by atoms with van der Waals surface area (Å²) in [4.78, 5) is 12.4. The van der Waals surface area contributed by atoms with Crippen molar-refractivity contribution in [1.29, 1.82) is 0 Å². The normalized spacial score (nSPS) is 16.4. The molecule has 27 heavy (non-hydrogen) atoms. The molecular weight excluding hydrogens is 368 g/mol. The SMILES string of the molecule is O=C(Nc1ccc2c(c1)OCO2)c1ccc(CS(=O)(=O)N2CCCC2)cc1. The third-order valence-electron chi connectivity index (χ3n) is 4.65. The fourth-order valence-electron chi connectivity index (χ4n) is 3.20. The van der Waals surface area contributed by atoms with Gasteiger partial charge < -0.3 is 14.8 Å². The van der Waals surface area contributed by atoms with E-state index in [1.54, 1.807) is 42.5 Å². The van der Waals surface area contributed by atoms with Crippen LogP contribution in [0.1, 0.15) is 28.8 Å². The van der Waals surface area contributed by atoms with Crippen molar-refractivity contribution in [2.75, 3.05) is 25.2 Å². The molecule has 4 rings (SSSR count). The minimum Gasteiger partial charge on any atom is -0.454 e. The van der Waals surface area contributed by atoms with Crippen LogP contribution < -0.4 is 14.8 Å². The Bertz CT molecular complexity index is 951. The van der Waals surface area contributed by atoms with Gasteiger partial charge in [0.25, 0.3) is 5.91 Å². The molecule has 1 amide bonds. The molecule has 142 valence electrons. The molecule has 8 heteroatoms. The molecule has 1 N–H and O–H groups in total. The van der Waals surface area contributed by atoms with E-state index in [0.29, 0.717) is 41.4 Å². The fraction of sp³-hybridized carbons (Fsp3) is 0.316. The summed E-state index contributed by atoms with van der Waals surface area (Å²) in [6.45, 7) is 1.37. The number of anilines is 1. The van der Waals surface area contributed by atoms with E-state index in [-0.39, 0.29) is 18.5 Å². The Morgan fingerprint density at radius 2 is 1.70 bits per heavy atom. The highest BCUT2D eigenvalue weighted by atomic mass is 32.2. The summed E-state index contributed by atoms with van der Waals surface area (Å²) in [7, 11) is -3.29. The van der Waals surface area contributed by atoms with Crippen molar-refractivity contribution in [1.82, 2.24) is 4.31 Å². The van der Waals surface area contributed by atoms with Crippen LogP contribution in [0.4, 0.5) is 5.69 Å². The van der Waals surface area contributed by atoms with Crippen LogP contribution in [0.25, 0.3) is 0 Å². The lowest BCUT2D eigenvalue weighted by atomic mass is 10.1. The number of hydrogen-bond acceptors (Lipinski definition) is 5. The second-order valence-corrected chi connectivity index (χ2v) is 8.55. The monoisotopic (exact) mass is 388 g/mol. The van der Waals surface area contributed by atoms with E-state index < -0.39 is 10.0 Å². The summed E-state index contributed by atoms with van der Waals surface area (Å²) < 4.78 is 36.8. The lowest BCUT2D eigenvalue weighted by molar-refractivity contribution is 0.102. The number of sulfonamides is 1. The van der Waals surface area contributed by atoms with Crippen LogP contribution in [0.15, 0.2) is 42.5 Å². The highest BCUT2D eigenvalue weighted by Gasteiger charge is 2.25. The summed E-state index contributed by atoms with van der Waals surface area (Å²) in [5, 5.41) is 2.80. The van der Waals surface area contributed by atoms with Crippen LogP contribution in [0.3, 0.4) is 0 Å². The molecule has 2 aromatic rings. The van der Waals surface area contributed by atoms with Gasteiger partial charge in [0.15, 0.2) is 11.5 Å². The van der Waals surface area contributed by atoms with Crippen LogP contribution in [0.5, 0.6) is 11.5 Å². The quantitative estimate of drug-likeness (QED) is 0.851. The average Bonchev–Trinajstić information content (AvgIpc) is 3.34. The van der Waals surface area contributed by atoms with E-state index in [1.807, 2.05) is 0 Å². The number of nitrogens with one attached hydrogen (secondary N) is 1. The molecule has 0 atom stereocenters. The van der Waals surface area contributed by atoms with Crippen molar-refractivity contribution < 1.29 is 22.7 Å². The second kappa shape index (κ2) is 7.21. The first kappa shape index (κ1) is 17.8. The van der Waals surface area contributed by atoms with E-state index in [0.717, 1.165) is 12.8 Å². The van der Waals surface area contributed by atoms with Gasteiger partial charge >= 0.3 is 0 Å². The Labute approximate surface area is 157 Å². The molecule has 0 unspecified atom stereocenters. The molecule has 7 nitrogen and oxygen atoms in total. The maximum atomic E-state index is 12.4. The number of carbonyl (C=O) groups excluding carboxylic acids is 1. The van der Waals surface area contributed by atoms with Gasteiger partial charge in [-0.15, -0.1) is 0 Å². The highest BCUT2D eigenvalue weighted by molar-refractivity contribution is 7.88. The van der Waals surface area contributed by atoms with Crippen molar-refractivity contribution in [2.45, 2.75) is 18.6 Å². The number of amides is 1. The smallest absolute Gasteiger partial charge is 0.255 e. The molecule has 1 saturated heterocycles.